The molecule has 1 aromatic carbocycles. The third-order valence-electron chi connectivity index (χ3n) is 9.47. The minimum Gasteiger partial charge on any atom is -0.497 e. The number of likely N-dealkylation sites (N-methyl/N-ethyl adjacent to an activating group) is 2. The molecule has 3 aliphatic rings. The molecule has 2 fully saturated rings. The van der Waals surface area contributed by atoms with E-state index in [2.05, 4.69) is 21.4 Å². The topological polar surface area (TPSA) is 87.6 Å². The maximum absolute atomic E-state index is 14.1. The van der Waals surface area contributed by atoms with Crippen LogP contribution in [0, 0.1) is 13.8 Å². The maximum atomic E-state index is 14.1. The number of ether oxygens (including phenoxy) is 2. The minimum atomic E-state index is -3.84. The van der Waals surface area contributed by atoms with Crippen LogP contribution in [0.5, 0.6) is 5.75 Å². The standard InChI is InChI=1S/C31H47N5O5S/c1-23-18-27(40-5)19-24(2)31(23)42(38,39)36-17-16-35-11-7-10-28(35)29(36)21-41-22-30(37)33(4)25-8-6-9-26(20-25)34-14-12-32(3)13-15-34/h7,10-11,18-19,25-26,29H,6,8-9,12-17,20-22H2,1-5H3. The molecular weight excluding hydrogens is 554 g/mol. The van der Waals surface area contributed by atoms with E-state index >= 15 is 0 Å². The molecule has 1 aromatic heterocycles. The van der Waals surface area contributed by atoms with Crippen molar-refractivity contribution in [1.29, 1.82) is 0 Å². The van der Waals surface area contributed by atoms with E-state index in [0.29, 0.717) is 40.9 Å². The van der Waals surface area contributed by atoms with Crippen LogP contribution in [0.15, 0.2) is 35.4 Å². The van der Waals surface area contributed by atoms with Gasteiger partial charge in [-0.15, -0.1) is 0 Å². The van der Waals surface area contributed by atoms with E-state index in [1.165, 1.54) is 6.42 Å². The molecule has 1 saturated carbocycles. The van der Waals surface area contributed by atoms with Crippen molar-refractivity contribution in [1.82, 2.24) is 23.6 Å². The summed E-state index contributed by atoms with van der Waals surface area (Å²) in [5, 5.41) is 0. The van der Waals surface area contributed by atoms with Crippen molar-refractivity contribution in [2.45, 2.75) is 69.1 Å². The molecule has 3 unspecified atom stereocenters. The molecule has 42 heavy (non-hydrogen) atoms. The lowest BCUT2D eigenvalue weighted by Gasteiger charge is -2.43. The van der Waals surface area contributed by atoms with Crippen molar-refractivity contribution in [3.05, 3.63) is 47.3 Å². The van der Waals surface area contributed by atoms with Gasteiger partial charge in [-0.2, -0.15) is 4.31 Å². The number of aromatic nitrogens is 1. The molecule has 11 heteroatoms. The van der Waals surface area contributed by atoms with E-state index in [1.54, 1.807) is 37.4 Å². The molecule has 0 radical (unpaired) electrons. The van der Waals surface area contributed by atoms with Crippen LogP contribution in [0.3, 0.4) is 0 Å². The van der Waals surface area contributed by atoms with Gasteiger partial charge in [-0.05, 0) is 82.0 Å². The van der Waals surface area contributed by atoms with Crippen molar-refractivity contribution in [3.63, 3.8) is 0 Å². The quantitative estimate of drug-likeness (QED) is 0.437. The van der Waals surface area contributed by atoms with Crippen molar-refractivity contribution in [3.8, 4) is 5.75 Å². The number of sulfonamides is 1. The molecule has 0 N–H and O–H groups in total. The molecule has 3 heterocycles. The highest BCUT2D eigenvalue weighted by Crippen LogP contribution is 2.35. The fraction of sp³-hybridized carbons (Fsp3) is 0.645. The number of nitrogens with zero attached hydrogens (tertiary/aromatic N) is 5. The molecule has 1 saturated heterocycles. The normalized spacial score (nSPS) is 24.4. The number of carbonyl (C=O) groups excluding carboxylic acids is 1. The summed E-state index contributed by atoms with van der Waals surface area (Å²) in [6, 6.07) is 7.57. The Hall–Kier alpha value is -2.44. The van der Waals surface area contributed by atoms with E-state index in [1.807, 2.05) is 30.3 Å². The zero-order chi connectivity index (χ0) is 30.0. The first-order valence-corrected chi connectivity index (χ1v) is 16.6. The molecule has 0 bridgehead atoms. The average molecular weight is 602 g/mol. The van der Waals surface area contributed by atoms with Crippen LogP contribution in [0.2, 0.25) is 0 Å². The number of hydrogen-bond acceptors (Lipinski definition) is 7. The highest BCUT2D eigenvalue weighted by atomic mass is 32.2. The molecule has 1 aliphatic carbocycles. The van der Waals surface area contributed by atoms with Crippen LogP contribution in [0.25, 0.3) is 0 Å². The fourth-order valence-corrected chi connectivity index (χ4v) is 9.02. The maximum Gasteiger partial charge on any atom is 0.248 e. The SMILES string of the molecule is COc1cc(C)c(S(=O)(=O)N2CCn3cccc3C2COCC(=O)N(C)C2CCCC(N3CCN(C)CC3)C2)c(C)c1. The summed E-state index contributed by atoms with van der Waals surface area (Å²) in [4.78, 5) is 20.4. The van der Waals surface area contributed by atoms with E-state index in [-0.39, 0.29) is 25.2 Å². The van der Waals surface area contributed by atoms with Gasteiger partial charge in [-0.1, -0.05) is 0 Å². The number of rotatable bonds is 9. The Bertz CT molecular complexity index is 1330. The second-order valence-electron chi connectivity index (χ2n) is 12.2. The van der Waals surface area contributed by atoms with Gasteiger partial charge in [0, 0.05) is 70.3 Å². The first-order chi connectivity index (χ1) is 20.1. The van der Waals surface area contributed by atoms with Crippen LogP contribution < -0.4 is 4.74 Å². The monoisotopic (exact) mass is 601 g/mol. The Labute approximate surface area is 251 Å². The van der Waals surface area contributed by atoms with Gasteiger partial charge in [0.15, 0.2) is 0 Å². The van der Waals surface area contributed by atoms with E-state index in [0.717, 1.165) is 51.1 Å². The Kier molecular flexibility index (Phi) is 9.63. The summed E-state index contributed by atoms with van der Waals surface area (Å²) in [7, 11) is 1.80. The molecular formula is C31H47N5O5S. The van der Waals surface area contributed by atoms with Gasteiger partial charge >= 0.3 is 0 Å². The van der Waals surface area contributed by atoms with Gasteiger partial charge < -0.3 is 23.8 Å². The number of benzene rings is 1. The first-order valence-electron chi connectivity index (χ1n) is 15.2. The summed E-state index contributed by atoms with van der Waals surface area (Å²) in [6.45, 7) is 8.89. The largest absolute Gasteiger partial charge is 0.497 e. The molecule has 10 nitrogen and oxygen atoms in total. The van der Waals surface area contributed by atoms with Crippen LogP contribution in [0.4, 0.5) is 0 Å². The van der Waals surface area contributed by atoms with Crippen molar-refractivity contribution >= 4 is 15.9 Å². The summed E-state index contributed by atoms with van der Waals surface area (Å²) in [5.74, 6) is 0.577. The number of hydrogen-bond donors (Lipinski definition) is 0. The highest BCUT2D eigenvalue weighted by Gasteiger charge is 2.39. The summed E-state index contributed by atoms with van der Waals surface area (Å²) in [5.41, 5.74) is 2.16. The third kappa shape index (κ3) is 6.40. The van der Waals surface area contributed by atoms with Gasteiger partial charge in [0.05, 0.1) is 24.7 Å². The first kappa shape index (κ1) is 31.0. The molecule has 232 valence electrons. The van der Waals surface area contributed by atoms with Gasteiger partial charge in [0.2, 0.25) is 15.9 Å². The molecule has 3 atom stereocenters. The Morgan fingerprint density at radius 2 is 1.76 bits per heavy atom. The number of piperazine rings is 1. The number of aryl methyl sites for hydroxylation is 2. The summed E-state index contributed by atoms with van der Waals surface area (Å²) in [6.07, 6.45) is 6.28. The van der Waals surface area contributed by atoms with Gasteiger partial charge in [-0.25, -0.2) is 8.42 Å². The van der Waals surface area contributed by atoms with Gasteiger partial charge in [0.1, 0.15) is 12.4 Å². The lowest BCUT2D eigenvalue weighted by Crippen LogP contribution is -2.53. The highest BCUT2D eigenvalue weighted by molar-refractivity contribution is 7.89. The van der Waals surface area contributed by atoms with Crippen molar-refractivity contribution in [2.24, 2.45) is 0 Å². The summed E-state index contributed by atoms with van der Waals surface area (Å²) >= 11 is 0. The van der Waals surface area contributed by atoms with E-state index in [4.69, 9.17) is 9.47 Å². The number of fused-ring (bicyclic) bond motifs is 1. The Morgan fingerprint density at radius 3 is 2.45 bits per heavy atom. The van der Waals surface area contributed by atoms with Crippen LogP contribution in [-0.4, -0.2) is 117 Å². The third-order valence-corrected chi connectivity index (χ3v) is 11.7. The average Bonchev–Trinajstić information content (AvgIpc) is 3.46. The predicted molar refractivity (Wildman–Crippen MR) is 162 cm³/mol. The van der Waals surface area contributed by atoms with Crippen molar-refractivity contribution < 1.29 is 22.7 Å². The molecule has 1 amide bonds. The predicted octanol–water partition coefficient (Wildman–Crippen LogP) is 2.89. The zero-order valence-corrected chi connectivity index (χ0v) is 26.6. The number of amides is 1. The van der Waals surface area contributed by atoms with Gasteiger partial charge in [-0.3, -0.25) is 9.69 Å². The number of carbonyl (C=O) groups is 1. The van der Waals surface area contributed by atoms with Crippen molar-refractivity contribution in [2.75, 3.05) is 67.1 Å². The second-order valence-corrected chi connectivity index (χ2v) is 14.0. The molecule has 0 spiro atoms. The number of methoxy groups -OCH3 is 1. The lowest BCUT2D eigenvalue weighted by molar-refractivity contribution is -0.138. The van der Waals surface area contributed by atoms with E-state index in [9.17, 15) is 13.2 Å². The lowest BCUT2D eigenvalue weighted by atomic mass is 9.88. The molecule has 2 aliphatic heterocycles. The Morgan fingerprint density at radius 1 is 1.05 bits per heavy atom. The minimum absolute atomic E-state index is 0.0542. The van der Waals surface area contributed by atoms with Crippen LogP contribution in [-0.2, 0) is 26.1 Å². The fourth-order valence-electron chi connectivity index (χ4n) is 7.02. The smallest absolute Gasteiger partial charge is 0.248 e. The Balaban J connectivity index is 1.25. The van der Waals surface area contributed by atoms with Crippen LogP contribution in [0.1, 0.15) is 48.5 Å². The second kappa shape index (κ2) is 13.1. The van der Waals surface area contributed by atoms with Gasteiger partial charge in [0.25, 0.3) is 0 Å². The molecule has 2 aromatic rings. The zero-order valence-electron chi connectivity index (χ0n) is 25.8. The molecule has 5 rings (SSSR count). The summed E-state index contributed by atoms with van der Waals surface area (Å²) < 4.78 is 43.2. The van der Waals surface area contributed by atoms with E-state index < -0.39 is 16.1 Å². The van der Waals surface area contributed by atoms with Crippen LogP contribution >= 0.6 is 0 Å².